The van der Waals surface area contributed by atoms with Crippen LogP contribution in [0.4, 0.5) is 5.69 Å². The van der Waals surface area contributed by atoms with Gasteiger partial charge in [0.15, 0.2) is 6.20 Å². The van der Waals surface area contributed by atoms with Crippen molar-refractivity contribution >= 4 is 33.7 Å². The van der Waals surface area contributed by atoms with Crippen LogP contribution in [0.1, 0.15) is 0 Å². The smallest absolute Gasteiger partial charge is 0.220 e. The molecule has 2 heterocycles. The average molecular weight is 229 g/mol. The number of halogens is 1. The molecule has 0 saturated carbocycles. The molecule has 1 radical (unpaired) electrons. The minimum atomic E-state index is 0.503. The average Bonchev–Trinajstić information content (AvgIpc) is 2.29. The normalized spacial score (nSPS) is 11.1. The molecule has 0 spiro atoms. The predicted molar refractivity (Wildman–Crippen MR) is 64.9 cm³/mol. The Balaban J connectivity index is 2.59. The maximum Gasteiger partial charge on any atom is 0.220 e. The molecule has 0 atom stereocenters. The number of pyridine rings is 2. The number of hydrogen-bond acceptors (Lipinski definition) is 0. The number of aromatic nitrogens is 1. The van der Waals surface area contributed by atoms with Crippen molar-refractivity contribution in [3.63, 3.8) is 0 Å². The maximum absolute atomic E-state index is 7.97. The van der Waals surface area contributed by atoms with Gasteiger partial charge in [-0.15, -0.1) is 0 Å². The van der Waals surface area contributed by atoms with Crippen LogP contribution in [0.5, 0.6) is 0 Å². The first-order valence-corrected chi connectivity index (χ1v) is 5.38. The molecule has 3 heteroatoms. The fraction of sp³-hybridized carbons (Fsp3) is 0. The third kappa shape index (κ3) is 1.31. The molecule has 0 aliphatic heterocycles. The summed E-state index contributed by atoms with van der Waals surface area (Å²) in [5.41, 5.74) is 10.5. The Morgan fingerprint density at radius 3 is 2.81 bits per heavy atom. The largest absolute Gasteiger partial charge is 0.300 e. The Labute approximate surface area is 97.9 Å². The molecule has 3 rings (SSSR count). The van der Waals surface area contributed by atoms with Crippen molar-refractivity contribution in [3.05, 3.63) is 53.7 Å². The van der Waals surface area contributed by atoms with Gasteiger partial charge in [-0.1, -0.05) is 11.6 Å². The van der Waals surface area contributed by atoms with Gasteiger partial charge in [0.1, 0.15) is 0 Å². The van der Waals surface area contributed by atoms with E-state index >= 15 is 0 Å². The van der Waals surface area contributed by atoms with Crippen molar-refractivity contribution in [3.8, 4) is 0 Å². The third-order valence-corrected chi connectivity index (χ3v) is 2.93. The highest BCUT2D eigenvalue weighted by Crippen LogP contribution is 2.24. The molecule has 16 heavy (non-hydrogen) atoms. The SMILES string of the molecule is [NH]c1cc2cccc[n+]2c2ccc(Cl)cc12. The van der Waals surface area contributed by atoms with Gasteiger partial charge in [-0.2, -0.15) is 4.40 Å². The Hall–Kier alpha value is -1.80. The monoisotopic (exact) mass is 228 g/mol. The highest BCUT2D eigenvalue weighted by atomic mass is 35.5. The zero-order valence-electron chi connectivity index (χ0n) is 8.44. The van der Waals surface area contributed by atoms with Gasteiger partial charge < -0.3 is 0 Å². The number of benzene rings is 1. The van der Waals surface area contributed by atoms with Gasteiger partial charge in [-0.25, -0.2) is 0 Å². The summed E-state index contributed by atoms with van der Waals surface area (Å²) in [6.07, 6.45) is 1.99. The van der Waals surface area contributed by atoms with Crippen molar-refractivity contribution in [1.82, 2.24) is 5.73 Å². The zero-order chi connectivity index (χ0) is 11.1. The Bertz CT molecular complexity index is 692. The first-order chi connectivity index (χ1) is 7.75. The van der Waals surface area contributed by atoms with Gasteiger partial charge >= 0.3 is 0 Å². The van der Waals surface area contributed by atoms with Crippen molar-refractivity contribution in [2.24, 2.45) is 0 Å². The summed E-state index contributed by atoms with van der Waals surface area (Å²) in [7, 11) is 0. The van der Waals surface area contributed by atoms with E-state index < -0.39 is 0 Å². The standard InChI is InChI=1S/C13H9ClN2/c14-9-4-5-13-11(7-9)12(15)8-10-3-1-2-6-16(10)13/h1-8,15H/q+1. The topological polar surface area (TPSA) is 27.9 Å². The molecule has 0 bridgehead atoms. The Kier molecular flexibility index (Phi) is 1.98. The fourth-order valence-corrected chi connectivity index (χ4v) is 2.13. The molecule has 0 aliphatic carbocycles. The number of rotatable bonds is 0. The lowest BCUT2D eigenvalue weighted by Crippen LogP contribution is -2.21. The summed E-state index contributed by atoms with van der Waals surface area (Å²) in [6, 6.07) is 13.4. The van der Waals surface area contributed by atoms with Gasteiger partial charge in [0.2, 0.25) is 11.0 Å². The van der Waals surface area contributed by atoms with E-state index in [0.29, 0.717) is 10.7 Å². The summed E-state index contributed by atoms with van der Waals surface area (Å²) in [4.78, 5) is 0. The van der Waals surface area contributed by atoms with E-state index in [1.165, 1.54) is 0 Å². The predicted octanol–water partition coefficient (Wildman–Crippen LogP) is 3.15. The second-order valence-electron chi connectivity index (χ2n) is 3.71. The van der Waals surface area contributed by atoms with Crippen LogP contribution in [0.2, 0.25) is 5.02 Å². The van der Waals surface area contributed by atoms with Crippen LogP contribution < -0.4 is 10.1 Å². The molecular formula is C13H9ClN2+. The van der Waals surface area contributed by atoms with Crippen LogP contribution in [-0.4, -0.2) is 0 Å². The van der Waals surface area contributed by atoms with E-state index in [9.17, 15) is 0 Å². The van der Waals surface area contributed by atoms with E-state index in [-0.39, 0.29) is 0 Å². The van der Waals surface area contributed by atoms with E-state index in [4.69, 9.17) is 17.3 Å². The first-order valence-electron chi connectivity index (χ1n) is 5.00. The van der Waals surface area contributed by atoms with Gasteiger partial charge in [-0.3, -0.25) is 5.73 Å². The molecule has 3 aromatic rings. The number of hydrogen-bond donors (Lipinski definition) is 0. The molecule has 2 aromatic heterocycles. The lowest BCUT2D eigenvalue weighted by atomic mass is 10.1. The Morgan fingerprint density at radius 1 is 1.06 bits per heavy atom. The van der Waals surface area contributed by atoms with Crippen LogP contribution in [0.25, 0.3) is 16.4 Å². The lowest BCUT2D eigenvalue weighted by molar-refractivity contribution is -0.481. The lowest BCUT2D eigenvalue weighted by Gasteiger charge is -2.00. The molecule has 1 aromatic carbocycles. The van der Waals surface area contributed by atoms with Crippen LogP contribution in [0.15, 0.2) is 48.7 Å². The molecule has 0 amide bonds. The van der Waals surface area contributed by atoms with Crippen LogP contribution in [-0.2, 0) is 0 Å². The van der Waals surface area contributed by atoms with Crippen LogP contribution >= 0.6 is 11.6 Å². The van der Waals surface area contributed by atoms with E-state index in [1.54, 1.807) is 0 Å². The molecule has 0 unspecified atom stereocenters. The van der Waals surface area contributed by atoms with E-state index in [2.05, 4.69) is 4.40 Å². The fourth-order valence-electron chi connectivity index (χ4n) is 1.95. The molecule has 1 N–H and O–H groups in total. The highest BCUT2D eigenvalue weighted by Gasteiger charge is 2.11. The zero-order valence-corrected chi connectivity index (χ0v) is 9.20. The summed E-state index contributed by atoms with van der Waals surface area (Å²) < 4.78 is 2.06. The van der Waals surface area contributed by atoms with Crippen molar-refractivity contribution in [2.45, 2.75) is 0 Å². The van der Waals surface area contributed by atoms with Gasteiger partial charge in [0.05, 0.1) is 11.1 Å². The quantitative estimate of drug-likeness (QED) is 0.418. The minimum absolute atomic E-state index is 0.503. The van der Waals surface area contributed by atoms with Gasteiger partial charge in [0.25, 0.3) is 0 Å². The molecule has 77 valence electrons. The van der Waals surface area contributed by atoms with Crippen LogP contribution in [0.3, 0.4) is 0 Å². The Morgan fingerprint density at radius 2 is 1.94 bits per heavy atom. The van der Waals surface area contributed by atoms with Crippen LogP contribution in [0, 0.1) is 0 Å². The van der Waals surface area contributed by atoms with Gasteiger partial charge in [-0.05, 0) is 18.2 Å². The minimum Gasteiger partial charge on any atom is -0.300 e. The number of nitrogens with zero attached hydrogens (tertiary/aromatic N) is 1. The third-order valence-electron chi connectivity index (χ3n) is 2.69. The number of nitrogens with one attached hydrogen (secondary N) is 1. The second kappa shape index (κ2) is 3.35. The molecular weight excluding hydrogens is 220 g/mol. The van der Waals surface area contributed by atoms with Crippen molar-refractivity contribution < 1.29 is 4.40 Å². The second-order valence-corrected chi connectivity index (χ2v) is 4.15. The molecule has 2 nitrogen and oxygen atoms in total. The molecule has 0 aliphatic rings. The summed E-state index contributed by atoms with van der Waals surface area (Å²) in [5.74, 6) is 0. The highest BCUT2D eigenvalue weighted by molar-refractivity contribution is 6.31. The summed E-state index contributed by atoms with van der Waals surface area (Å²) >= 11 is 5.95. The van der Waals surface area contributed by atoms with E-state index in [1.807, 2.05) is 48.7 Å². The summed E-state index contributed by atoms with van der Waals surface area (Å²) in [6.45, 7) is 0. The van der Waals surface area contributed by atoms with Gasteiger partial charge in [0, 0.05) is 29.3 Å². The molecule has 0 fully saturated rings. The maximum atomic E-state index is 7.97. The first kappa shape index (κ1) is 9.43. The van der Waals surface area contributed by atoms with Crippen molar-refractivity contribution in [1.29, 1.82) is 0 Å². The number of fused-ring (bicyclic) bond motifs is 3. The molecule has 0 saturated heterocycles. The van der Waals surface area contributed by atoms with E-state index in [0.717, 1.165) is 16.4 Å². The summed E-state index contributed by atoms with van der Waals surface area (Å²) in [5, 5.41) is 1.54. The van der Waals surface area contributed by atoms with Crippen molar-refractivity contribution in [2.75, 3.05) is 0 Å².